The molecule has 4 heteroatoms. The lowest BCUT2D eigenvalue weighted by atomic mass is 10.1. The zero-order chi connectivity index (χ0) is 9.14. The van der Waals surface area contributed by atoms with Gasteiger partial charge in [0.1, 0.15) is 12.2 Å². The van der Waals surface area contributed by atoms with Crippen molar-refractivity contribution in [2.45, 2.75) is 24.4 Å². The van der Waals surface area contributed by atoms with Crippen LogP contribution in [0.2, 0.25) is 0 Å². The van der Waals surface area contributed by atoms with E-state index in [0.717, 1.165) is 0 Å². The van der Waals surface area contributed by atoms with E-state index in [1.54, 1.807) is 0 Å². The lowest BCUT2D eigenvalue weighted by Crippen LogP contribution is -2.32. The van der Waals surface area contributed by atoms with Gasteiger partial charge in [0, 0.05) is 5.75 Å². The van der Waals surface area contributed by atoms with Crippen LogP contribution in [0.5, 0.6) is 0 Å². The van der Waals surface area contributed by atoms with Gasteiger partial charge in [-0.3, -0.25) is 0 Å². The van der Waals surface area contributed by atoms with Crippen LogP contribution in [-0.4, -0.2) is 40.4 Å². The predicted octanol–water partition coefficient (Wildman–Crippen LogP) is -0.489. The van der Waals surface area contributed by atoms with Crippen LogP contribution in [0.15, 0.2) is 0 Å². The van der Waals surface area contributed by atoms with Gasteiger partial charge in [0.15, 0.2) is 0 Å². The molecule has 0 aromatic rings. The Bertz CT molecular complexity index is 189. The SMILES string of the molecule is [CH][C@@H]1O[C@H](CSC#C)[C@H](O)C1O. The van der Waals surface area contributed by atoms with Gasteiger partial charge in [0.25, 0.3) is 0 Å². The molecule has 1 unspecified atom stereocenters. The van der Waals surface area contributed by atoms with Crippen molar-refractivity contribution in [3.8, 4) is 11.7 Å². The van der Waals surface area contributed by atoms with E-state index in [4.69, 9.17) is 18.1 Å². The molecule has 2 radical (unpaired) electrons. The fourth-order valence-electron chi connectivity index (χ4n) is 1.05. The Morgan fingerprint density at radius 2 is 2.08 bits per heavy atom. The lowest BCUT2D eigenvalue weighted by molar-refractivity contribution is 0.0338. The van der Waals surface area contributed by atoms with E-state index in [2.05, 4.69) is 5.25 Å². The summed E-state index contributed by atoms with van der Waals surface area (Å²) in [4.78, 5) is 0. The summed E-state index contributed by atoms with van der Waals surface area (Å²) in [5, 5.41) is 20.8. The molecular formula is C8H10O3S. The van der Waals surface area contributed by atoms with Crippen molar-refractivity contribution in [1.29, 1.82) is 0 Å². The summed E-state index contributed by atoms with van der Waals surface area (Å²) in [6, 6.07) is 0. The maximum atomic E-state index is 9.32. The second-order valence-electron chi connectivity index (χ2n) is 2.55. The van der Waals surface area contributed by atoms with E-state index in [9.17, 15) is 10.2 Å². The highest BCUT2D eigenvalue weighted by atomic mass is 32.2. The standard InChI is InChI=1S/C8H10O3S/c1-3-12-4-6-8(10)7(9)5(2)11-6/h1-2,5-10H,4H2/t5-,6+,7?,8-/m0/s1. The summed E-state index contributed by atoms with van der Waals surface area (Å²) in [7, 11) is 0. The maximum Gasteiger partial charge on any atom is 0.109 e. The minimum Gasteiger partial charge on any atom is -0.388 e. The van der Waals surface area contributed by atoms with Gasteiger partial charge >= 0.3 is 0 Å². The molecule has 1 fully saturated rings. The van der Waals surface area contributed by atoms with E-state index < -0.39 is 24.4 Å². The number of hydrogen-bond donors (Lipinski definition) is 2. The number of thioether (sulfide) groups is 1. The largest absolute Gasteiger partial charge is 0.388 e. The number of hydrogen-bond acceptors (Lipinski definition) is 4. The number of terminal acetylenes is 1. The Kier molecular flexibility index (Phi) is 3.41. The molecule has 3 nitrogen and oxygen atoms in total. The van der Waals surface area contributed by atoms with Crippen LogP contribution in [0.25, 0.3) is 0 Å². The fraction of sp³-hybridized carbons (Fsp3) is 0.625. The monoisotopic (exact) mass is 186 g/mol. The van der Waals surface area contributed by atoms with Crippen molar-refractivity contribution >= 4 is 11.8 Å². The molecule has 1 aliphatic heterocycles. The van der Waals surface area contributed by atoms with Gasteiger partial charge in [0.2, 0.25) is 0 Å². The molecule has 0 aliphatic carbocycles. The number of rotatable bonds is 2. The average molecular weight is 186 g/mol. The van der Waals surface area contributed by atoms with Gasteiger partial charge in [-0.25, -0.2) is 0 Å². The van der Waals surface area contributed by atoms with Crippen molar-refractivity contribution in [2.75, 3.05) is 5.75 Å². The summed E-state index contributed by atoms with van der Waals surface area (Å²) in [5.74, 6) is 0.447. The molecular weight excluding hydrogens is 176 g/mol. The second-order valence-corrected chi connectivity index (χ2v) is 3.41. The summed E-state index contributed by atoms with van der Waals surface area (Å²) in [6.07, 6.45) is 1.80. The van der Waals surface area contributed by atoms with Crippen LogP contribution in [0.3, 0.4) is 0 Å². The van der Waals surface area contributed by atoms with Crippen LogP contribution in [0, 0.1) is 18.6 Å². The minimum absolute atomic E-state index is 0.447. The van der Waals surface area contributed by atoms with Crippen molar-refractivity contribution in [2.24, 2.45) is 0 Å². The zero-order valence-electron chi connectivity index (χ0n) is 6.38. The van der Waals surface area contributed by atoms with Gasteiger partial charge < -0.3 is 14.9 Å². The Hall–Kier alpha value is -0.210. The smallest absolute Gasteiger partial charge is 0.109 e. The van der Waals surface area contributed by atoms with Crippen LogP contribution >= 0.6 is 11.8 Å². The maximum absolute atomic E-state index is 9.32. The molecule has 4 atom stereocenters. The fourth-order valence-corrected chi connectivity index (χ4v) is 1.58. The van der Waals surface area contributed by atoms with Crippen LogP contribution < -0.4 is 0 Å². The molecule has 0 saturated carbocycles. The van der Waals surface area contributed by atoms with Gasteiger partial charge in [-0.1, -0.05) is 11.8 Å². The zero-order valence-corrected chi connectivity index (χ0v) is 7.20. The highest BCUT2D eigenvalue weighted by Crippen LogP contribution is 2.23. The molecule has 2 N–H and O–H groups in total. The molecule has 0 aromatic carbocycles. The third-order valence-electron chi connectivity index (χ3n) is 1.73. The van der Waals surface area contributed by atoms with E-state index in [1.165, 1.54) is 11.8 Å². The third-order valence-corrected chi connectivity index (χ3v) is 2.39. The predicted molar refractivity (Wildman–Crippen MR) is 46.3 cm³/mol. The highest BCUT2D eigenvalue weighted by Gasteiger charge is 2.39. The van der Waals surface area contributed by atoms with Gasteiger partial charge in [-0.2, -0.15) is 0 Å². The number of aliphatic hydroxyl groups excluding tert-OH is 2. The molecule has 66 valence electrons. The Balaban J connectivity index is 2.43. The summed E-state index contributed by atoms with van der Waals surface area (Å²) in [6.45, 7) is 5.34. The molecule has 1 heterocycles. The van der Waals surface area contributed by atoms with E-state index in [1.807, 2.05) is 0 Å². The summed E-state index contributed by atoms with van der Waals surface area (Å²) >= 11 is 1.19. The quantitative estimate of drug-likeness (QED) is 0.571. The molecule has 0 spiro atoms. The van der Waals surface area contributed by atoms with Crippen molar-refractivity contribution in [3.05, 3.63) is 6.92 Å². The molecule has 12 heavy (non-hydrogen) atoms. The van der Waals surface area contributed by atoms with Crippen LogP contribution in [0.1, 0.15) is 0 Å². The second kappa shape index (κ2) is 4.15. The first kappa shape index (κ1) is 9.87. The first-order valence-corrected chi connectivity index (χ1v) is 4.50. The lowest BCUT2D eigenvalue weighted by Gasteiger charge is -2.11. The van der Waals surface area contributed by atoms with E-state index in [-0.39, 0.29) is 0 Å². The molecule has 1 rings (SSSR count). The van der Waals surface area contributed by atoms with Gasteiger partial charge in [-0.05, 0) is 12.2 Å². The Labute approximate surface area is 76.1 Å². The molecule has 0 aromatic heterocycles. The summed E-state index contributed by atoms with van der Waals surface area (Å²) < 4.78 is 5.05. The van der Waals surface area contributed by atoms with Crippen LogP contribution in [0.4, 0.5) is 0 Å². The molecule has 0 amide bonds. The summed E-state index contributed by atoms with van der Waals surface area (Å²) in [5.41, 5.74) is 0. The normalized spacial score (nSPS) is 41.2. The molecule has 0 bridgehead atoms. The van der Waals surface area contributed by atoms with Crippen molar-refractivity contribution in [3.63, 3.8) is 0 Å². The molecule has 1 saturated heterocycles. The first-order chi connectivity index (χ1) is 5.66. The van der Waals surface area contributed by atoms with E-state index in [0.29, 0.717) is 5.75 Å². The Morgan fingerprint density at radius 3 is 2.50 bits per heavy atom. The third kappa shape index (κ3) is 1.93. The minimum atomic E-state index is -1.01. The van der Waals surface area contributed by atoms with Crippen LogP contribution in [-0.2, 0) is 4.74 Å². The Morgan fingerprint density at radius 1 is 1.42 bits per heavy atom. The average Bonchev–Trinajstić information content (AvgIpc) is 2.30. The first-order valence-electron chi connectivity index (χ1n) is 3.51. The highest BCUT2D eigenvalue weighted by molar-refractivity contribution is 8.03. The molecule has 1 aliphatic rings. The van der Waals surface area contributed by atoms with E-state index >= 15 is 0 Å². The van der Waals surface area contributed by atoms with Gasteiger partial charge in [0.05, 0.1) is 12.2 Å². The van der Waals surface area contributed by atoms with Gasteiger partial charge in [-0.15, -0.1) is 6.42 Å². The topological polar surface area (TPSA) is 49.7 Å². The number of aliphatic hydroxyl groups is 2. The number of ether oxygens (including phenoxy) is 1. The van der Waals surface area contributed by atoms with Crippen molar-refractivity contribution < 1.29 is 14.9 Å². The van der Waals surface area contributed by atoms with Crippen molar-refractivity contribution in [1.82, 2.24) is 0 Å².